The van der Waals surface area contributed by atoms with Gasteiger partial charge in [0.2, 0.25) is 0 Å². The normalized spacial score (nSPS) is 19.4. The Bertz CT molecular complexity index is 1380. The minimum Gasteiger partial charge on any atom is -0.335 e. The predicted molar refractivity (Wildman–Crippen MR) is 151 cm³/mol. The van der Waals surface area contributed by atoms with E-state index in [0.717, 1.165) is 22.7 Å². The first kappa shape index (κ1) is 25.0. The second kappa shape index (κ2) is 10.7. The van der Waals surface area contributed by atoms with Gasteiger partial charge in [0.25, 0.3) is 11.5 Å². The number of nitrogens with zero attached hydrogens (tertiary/aromatic N) is 3. The molecule has 1 fully saturated rings. The largest absolute Gasteiger partial charge is 0.335 e. The summed E-state index contributed by atoms with van der Waals surface area (Å²) < 4.78 is 3.82. The van der Waals surface area contributed by atoms with Crippen molar-refractivity contribution in [3.63, 3.8) is 0 Å². The maximum absolute atomic E-state index is 13.0. The highest BCUT2D eigenvalue weighted by atomic mass is 32.2. The summed E-state index contributed by atoms with van der Waals surface area (Å²) in [6, 6.07) is 6.63. The number of rotatable bonds is 6. The summed E-state index contributed by atoms with van der Waals surface area (Å²) in [5.41, 5.74) is 2.54. The molecule has 0 aliphatic carbocycles. The van der Waals surface area contributed by atoms with Crippen LogP contribution in [0.25, 0.3) is 12.2 Å². The number of anilines is 1. The van der Waals surface area contributed by atoms with Gasteiger partial charge in [-0.25, -0.2) is 0 Å². The number of allylic oxidation sites excluding steroid dienone is 2. The van der Waals surface area contributed by atoms with Crippen molar-refractivity contribution in [2.45, 2.75) is 45.6 Å². The number of carbonyl (C=O) groups excluding carboxylic acids is 1. The number of hydrogen-bond acceptors (Lipinski definition) is 7. The number of thiazole rings is 1. The van der Waals surface area contributed by atoms with Crippen molar-refractivity contribution in [2.75, 3.05) is 18.0 Å². The smallest absolute Gasteiger partial charge is 0.269 e. The molecule has 34 heavy (non-hydrogen) atoms. The van der Waals surface area contributed by atoms with E-state index in [1.807, 2.05) is 32.1 Å². The number of amides is 1. The summed E-state index contributed by atoms with van der Waals surface area (Å²) in [6.07, 6.45) is 8.61. The third kappa shape index (κ3) is 4.71. The zero-order valence-electron chi connectivity index (χ0n) is 19.7. The van der Waals surface area contributed by atoms with Gasteiger partial charge in [-0.05, 0) is 69.2 Å². The van der Waals surface area contributed by atoms with Gasteiger partial charge < -0.3 is 4.90 Å². The van der Waals surface area contributed by atoms with E-state index in [1.54, 1.807) is 27.3 Å². The number of carbonyl (C=O) groups is 1. The standard InChI is InChI=1S/C25H27N3O2S4/c1-5-16-9-10-17-20(15-16)33-21(26(17)6-2)13-11-18-23(29)27(7-3)22(32-18)14-12-19-24(30)28(8-4)25(31)34-19/h9-15H,5-8H2,1-4H3/b18-11?,19-12?,21-13?,22-14+. The Labute approximate surface area is 217 Å². The zero-order chi connectivity index (χ0) is 24.4. The highest BCUT2D eigenvalue weighted by Crippen LogP contribution is 2.46. The minimum atomic E-state index is -0.0732. The van der Waals surface area contributed by atoms with E-state index in [-0.39, 0.29) is 11.5 Å². The van der Waals surface area contributed by atoms with E-state index >= 15 is 0 Å². The second-order valence-corrected chi connectivity index (χ2v) is 11.4. The Balaban J connectivity index is 1.69. The van der Waals surface area contributed by atoms with Crippen LogP contribution in [0.4, 0.5) is 5.69 Å². The van der Waals surface area contributed by atoms with Crippen LogP contribution >= 0.6 is 47.1 Å². The highest BCUT2D eigenvalue weighted by Gasteiger charge is 2.30. The van der Waals surface area contributed by atoms with Gasteiger partial charge >= 0.3 is 0 Å². The van der Waals surface area contributed by atoms with Crippen LogP contribution in [0.1, 0.15) is 33.3 Å². The molecule has 2 aliphatic heterocycles. The van der Waals surface area contributed by atoms with Gasteiger partial charge in [0.15, 0.2) is 0 Å². The minimum absolute atomic E-state index is 0.0121. The first-order valence-electron chi connectivity index (χ1n) is 11.4. The Kier molecular flexibility index (Phi) is 7.87. The monoisotopic (exact) mass is 529 g/mol. The number of thiocarbonyl (C=S) groups is 1. The quantitative estimate of drug-likeness (QED) is 0.411. The SMILES string of the molecule is CCc1ccc2c(c1)SC(=CC=c1s/c(=C/C=C3SC(=S)N(CC)C3=O)n(CC)c1=O)N2CC. The molecule has 178 valence electrons. The zero-order valence-corrected chi connectivity index (χ0v) is 22.9. The molecule has 9 heteroatoms. The summed E-state index contributed by atoms with van der Waals surface area (Å²) >= 11 is 9.78. The van der Waals surface area contributed by atoms with Crippen LogP contribution < -0.4 is 19.7 Å². The highest BCUT2D eigenvalue weighted by molar-refractivity contribution is 8.26. The Morgan fingerprint density at radius 1 is 0.912 bits per heavy atom. The van der Waals surface area contributed by atoms with Gasteiger partial charge in [-0.1, -0.05) is 48.7 Å². The van der Waals surface area contributed by atoms with E-state index < -0.39 is 0 Å². The molecule has 0 N–H and O–H groups in total. The van der Waals surface area contributed by atoms with Crippen LogP contribution in [-0.4, -0.2) is 32.8 Å². The second-order valence-electron chi connectivity index (χ2n) is 7.64. The molecule has 0 unspecified atom stereocenters. The van der Waals surface area contributed by atoms with Crippen LogP contribution in [0.5, 0.6) is 0 Å². The molecular formula is C25H27N3O2S4. The van der Waals surface area contributed by atoms with Crippen molar-refractivity contribution in [3.05, 3.63) is 65.4 Å². The molecule has 0 spiro atoms. The Morgan fingerprint density at radius 3 is 2.32 bits per heavy atom. The van der Waals surface area contributed by atoms with E-state index in [1.165, 1.54) is 39.2 Å². The maximum atomic E-state index is 13.0. The molecule has 5 nitrogen and oxygen atoms in total. The van der Waals surface area contributed by atoms with Crippen LogP contribution in [0.2, 0.25) is 0 Å². The molecule has 4 rings (SSSR count). The van der Waals surface area contributed by atoms with Crippen molar-refractivity contribution in [2.24, 2.45) is 0 Å². The van der Waals surface area contributed by atoms with Gasteiger partial charge in [0, 0.05) is 24.5 Å². The van der Waals surface area contributed by atoms with Gasteiger partial charge in [-0.3, -0.25) is 19.1 Å². The first-order chi connectivity index (χ1) is 16.4. The summed E-state index contributed by atoms with van der Waals surface area (Å²) in [5.74, 6) is -0.0732. The lowest BCUT2D eigenvalue weighted by molar-refractivity contribution is -0.122. The molecular weight excluding hydrogens is 503 g/mol. The van der Waals surface area contributed by atoms with Crippen LogP contribution in [0.3, 0.4) is 0 Å². The molecule has 0 saturated carbocycles. The van der Waals surface area contributed by atoms with E-state index in [0.29, 0.717) is 26.8 Å². The van der Waals surface area contributed by atoms with Crippen molar-refractivity contribution >= 4 is 75.1 Å². The number of hydrogen-bond donors (Lipinski definition) is 0. The van der Waals surface area contributed by atoms with E-state index in [4.69, 9.17) is 12.2 Å². The molecule has 1 aromatic heterocycles. The van der Waals surface area contributed by atoms with Crippen molar-refractivity contribution in [1.29, 1.82) is 0 Å². The molecule has 0 radical (unpaired) electrons. The number of fused-ring (bicyclic) bond motifs is 1. The van der Waals surface area contributed by atoms with Crippen LogP contribution in [0.15, 0.2) is 50.0 Å². The lowest BCUT2D eigenvalue weighted by Gasteiger charge is -2.17. The van der Waals surface area contributed by atoms with Crippen molar-refractivity contribution < 1.29 is 4.79 Å². The molecule has 1 amide bonds. The Morgan fingerprint density at radius 2 is 1.68 bits per heavy atom. The fourth-order valence-electron chi connectivity index (χ4n) is 3.87. The average Bonchev–Trinajstić information content (AvgIpc) is 3.44. The predicted octanol–water partition coefficient (Wildman–Crippen LogP) is 4.29. The van der Waals surface area contributed by atoms with Gasteiger partial charge in [-0.2, -0.15) is 0 Å². The van der Waals surface area contributed by atoms with Crippen LogP contribution in [-0.2, 0) is 17.8 Å². The van der Waals surface area contributed by atoms with E-state index in [9.17, 15) is 9.59 Å². The van der Waals surface area contributed by atoms with Crippen molar-refractivity contribution in [3.8, 4) is 0 Å². The maximum Gasteiger partial charge on any atom is 0.269 e. The first-order valence-corrected chi connectivity index (χ1v) is 14.2. The number of aryl methyl sites for hydroxylation is 1. The average molecular weight is 530 g/mol. The molecule has 2 aliphatic rings. The summed E-state index contributed by atoms with van der Waals surface area (Å²) in [5, 5.41) is 1.12. The molecule has 0 atom stereocenters. The molecule has 2 aromatic rings. The molecule has 3 heterocycles. The fraction of sp³-hybridized carbons (Fsp3) is 0.320. The number of benzene rings is 1. The lowest BCUT2D eigenvalue weighted by atomic mass is 10.1. The fourth-order valence-corrected chi connectivity index (χ4v) is 7.41. The third-order valence-electron chi connectivity index (χ3n) is 5.72. The summed E-state index contributed by atoms with van der Waals surface area (Å²) in [7, 11) is 0. The van der Waals surface area contributed by atoms with Gasteiger partial charge in [-0.15, -0.1) is 11.3 Å². The number of likely N-dealkylation sites (N-methyl/N-ethyl adjacent to an activating group) is 1. The molecule has 0 bridgehead atoms. The van der Waals surface area contributed by atoms with E-state index in [2.05, 4.69) is 36.9 Å². The van der Waals surface area contributed by atoms with Crippen LogP contribution in [0, 0.1) is 0 Å². The van der Waals surface area contributed by atoms with Gasteiger partial charge in [0.1, 0.15) is 4.32 Å². The number of thioether (sulfide) groups is 2. The number of aromatic nitrogens is 1. The molecule has 1 saturated heterocycles. The summed E-state index contributed by atoms with van der Waals surface area (Å²) in [6.45, 7) is 10.2. The summed E-state index contributed by atoms with van der Waals surface area (Å²) in [4.78, 5) is 31.2. The lowest BCUT2D eigenvalue weighted by Crippen LogP contribution is -2.30. The molecule has 1 aromatic carbocycles. The third-order valence-corrected chi connectivity index (χ3v) is 9.32. The van der Waals surface area contributed by atoms with Crippen molar-refractivity contribution in [1.82, 2.24) is 9.47 Å². The Hall–Kier alpha value is -2.07. The van der Waals surface area contributed by atoms with Gasteiger partial charge in [0.05, 0.1) is 24.8 Å². The topological polar surface area (TPSA) is 45.6 Å².